The Bertz CT molecular complexity index is 827. The molecule has 0 bridgehead atoms. The van der Waals surface area contributed by atoms with Crippen molar-refractivity contribution in [2.75, 3.05) is 13.7 Å². The zero-order valence-corrected chi connectivity index (χ0v) is 17.8. The van der Waals surface area contributed by atoms with Gasteiger partial charge < -0.3 is 19.9 Å². The number of hydrogen-bond acceptors (Lipinski definition) is 6. The second kappa shape index (κ2) is 8.93. The van der Waals surface area contributed by atoms with Crippen LogP contribution in [0.25, 0.3) is 0 Å². The summed E-state index contributed by atoms with van der Waals surface area (Å²) in [4.78, 5) is 30.0. The maximum atomic E-state index is 13.3. The molecule has 2 heterocycles. The van der Waals surface area contributed by atoms with Crippen LogP contribution in [-0.4, -0.2) is 59.4 Å². The van der Waals surface area contributed by atoms with Gasteiger partial charge in [0.2, 0.25) is 5.91 Å². The highest BCUT2D eigenvalue weighted by molar-refractivity contribution is 5.95. The van der Waals surface area contributed by atoms with Crippen molar-refractivity contribution in [2.45, 2.75) is 70.2 Å². The molecule has 1 saturated heterocycles. The number of nitrogens with zero attached hydrogens (tertiary/aromatic N) is 3. The van der Waals surface area contributed by atoms with Crippen LogP contribution in [0.1, 0.15) is 51.0 Å². The number of methoxy groups -OCH3 is 1. The number of ether oxygens (including phenoxy) is 1. The lowest BCUT2D eigenvalue weighted by atomic mass is 9.85. The van der Waals surface area contributed by atoms with Crippen molar-refractivity contribution in [2.24, 2.45) is 5.10 Å². The summed E-state index contributed by atoms with van der Waals surface area (Å²) >= 11 is 0. The molecule has 1 aromatic rings. The molecular formula is C22H31N5O3. The number of para-hydroxylation sites is 1. The monoisotopic (exact) mass is 413 g/mol. The van der Waals surface area contributed by atoms with Gasteiger partial charge in [-0.3, -0.25) is 15.0 Å². The number of carbonyl (C=O) groups excluding carboxylic acids is 2. The standard InChI is InChI=1S/C22H31N5O3/c1-3-8-19-24-25-21-22(29)26(16-10-5-6-11-17(16)27(19)21)14-20(28)23-13-15-9-4-7-12-18(15)30-2/h4,7,9,12,16-17,21,25H,3,5-6,8,10-11,13-14H2,1-2H3,(H,23,28). The fraction of sp³-hybridized carbons (Fsp3) is 0.591. The van der Waals surface area contributed by atoms with E-state index >= 15 is 0 Å². The normalized spacial score (nSPS) is 25.2. The van der Waals surface area contributed by atoms with E-state index in [2.05, 4.69) is 27.7 Å². The molecule has 8 heteroatoms. The summed E-state index contributed by atoms with van der Waals surface area (Å²) in [6.07, 6.45) is 5.56. The van der Waals surface area contributed by atoms with E-state index in [9.17, 15) is 9.59 Å². The third kappa shape index (κ3) is 3.82. The first-order chi connectivity index (χ1) is 14.6. The van der Waals surface area contributed by atoms with Crippen LogP contribution in [0.3, 0.4) is 0 Å². The van der Waals surface area contributed by atoms with Crippen LogP contribution in [0.2, 0.25) is 0 Å². The molecule has 4 rings (SSSR count). The molecule has 30 heavy (non-hydrogen) atoms. The lowest BCUT2D eigenvalue weighted by Crippen LogP contribution is -2.70. The summed E-state index contributed by atoms with van der Waals surface area (Å²) in [5.41, 5.74) is 3.94. The highest BCUT2D eigenvalue weighted by Gasteiger charge is 2.50. The van der Waals surface area contributed by atoms with E-state index in [1.807, 2.05) is 24.3 Å². The van der Waals surface area contributed by atoms with Crippen molar-refractivity contribution < 1.29 is 14.3 Å². The number of nitrogens with one attached hydrogen (secondary N) is 2. The first kappa shape index (κ1) is 20.5. The fourth-order valence-corrected chi connectivity index (χ4v) is 4.92. The van der Waals surface area contributed by atoms with Crippen molar-refractivity contribution >= 4 is 17.6 Å². The van der Waals surface area contributed by atoms with Crippen molar-refractivity contribution in [1.82, 2.24) is 20.5 Å². The third-order valence-corrected chi connectivity index (χ3v) is 6.32. The van der Waals surface area contributed by atoms with E-state index in [0.29, 0.717) is 6.54 Å². The highest BCUT2D eigenvalue weighted by atomic mass is 16.5. The minimum atomic E-state index is -0.479. The Balaban J connectivity index is 1.45. The number of hydrazone groups is 1. The third-order valence-electron chi connectivity index (χ3n) is 6.32. The molecule has 3 unspecified atom stereocenters. The molecule has 1 saturated carbocycles. The van der Waals surface area contributed by atoms with Crippen molar-refractivity contribution in [1.29, 1.82) is 0 Å². The van der Waals surface area contributed by atoms with E-state index in [1.54, 1.807) is 12.0 Å². The molecule has 1 aromatic carbocycles. The molecular weight excluding hydrogens is 382 g/mol. The smallest absolute Gasteiger partial charge is 0.268 e. The van der Waals surface area contributed by atoms with E-state index in [-0.39, 0.29) is 30.4 Å². The lowest BCUT2D eigenvalue weighted by molar-refractivity contribution is -0.152. The van der Waals surface area contributed by atoms with Crippen LogP contribution in [-0.2, 0) is 16.1 Å². The summed E-state index contributed by atoms with van der Waals surface area (Å²) in [5.74, 6) is 1.51. The average molecular weight is 414 g/mol. The molecule has 3 aliphatic rings. The van der Waals surface area contributed by atoms with Crippen LogP contribution in [0, 0.1) is 0 Å². The van der Waals surface area contributed by atoms with Gasteiger partial charge in [-0.25, -0.2) is 0 Å². The minimum absolute atomic E-state index is 0.0551. The summed E-state index contributed by atoms with van der Waals surface area (Å²) < 4.78 is 5.35. The lowest BCUT2D eigenvalue weighted by Gasteiger charge is -2.51. The van der Waals surface area contributed by atoms with E-state index in [4.69, 9.17) is 4.74 Å². The van der Waals surface area contributed by atoms with Crippen LogP contribution < -0.4 is 15.5 Å². The van der Waals surface area contributed by atoms with Crippen LogP contribution in [0.5, 0.6) is 5.75 Å². The molecule has 1 aliphatic carbocycles. The second-order valence-electron chi connectivity index (χ2n) is 8.19. The van der Waals surface area contributed by atoms with Gasteiger partial charge in [0.05, 0.1) is 19.2 Å². The largest absolute Gasteiger partial charge is 0.496 e. The maximum Gasteiger partial charge on any atom is 0.268 e. The van der Waals surface area contributed by atoms with Crippen molar-refractivity contribution in [3.63, 3.8) is 0 Å². The Morgan fingerprint density at radius 3 is 2.80 bits per heavy atom. The van der Waals surface area contributed by atoms with Crippen molar-refractivity contribution in [3.8, 4) is 5.75 Å². The number of benzene rings is 1. The van der Waals surface area contributed by atoms with E-state index < -0.39 is 6.17 Å². The van der Waals surface area contributed by atoms with E-state index in [1.165, 1.54) is 0 Å². The fourth-order valence-electron chi connectivity index (χ4n) is 4.92. The summed E-state index contributed by atoms with van der Waals surface area (Å²) in [6.45, 7) is 2.57. The van der Waals surface area contributed by atoms with Crippen LogP contribution in [0.15, 0.2) is 29.4 Å². The molecule has 2 fully saturated rings. The molecule has 2 amide bonds. The Labute approximate surface area is 177 Å². The molecule has 8 nitrogen and oxygen atoms in total. The van der Waals surface area contributed by atoms with Gasteiger partial charge in [0.25, 0.3) is 5.91 Å². The molecule has 0 spiro atoms. The van der Waals surface area contributed by atoms with Gasteiger partial charge in [-0.05, 0) is 25.3 Å². The van der Waals surface area contributed by atoms with Crippen LogP contribution >= 0.6 is 0 Å². The Morgan fingerprint density at radius 1 is 1.27 bits per heavy atom. The SMILES string of the molecule is CCCC1=NNC2C(=O)N(CC(=O)NCc3ccccc3OC)C3CCCCC3N12. The van der Waals surface area contributed by atoms with Gasteiger partial charge >= 0.3 is 0 Å². The van der Waals surface area contributed by atoms with Crippen molar-refractivity contribution in [3.05, 3.63) is 29.8 Å². The molecule has 2 aliphatic heterocycles. The average Bonchev–Trinajstić information content (AvgIpc) is 3.20. The maximum absolute atomic E-state index is 13.3. The van der Waals surface area contributed by atoms with Gasteiger partial charge in [0.15, 0.2) is 6.17 Å². The predicted octanol–water partition coefficient (Wildman–Crippen LogP) is 1.81. The number of hydrogen-bond donors (Lipinski definition) is 2. The molecule has 0 radical (unpaired) electrons. The zero-order chi connectivity index (χ0) is 21.1. The quantitative estimate of drug-likeness (QED) is 0.712. The zero-order valence-electron chi connectivity index (χ0n) is 17.8. The minimum Gasteiger partial charge on any atom is -0.496 e. The Hall–Kier alpha value is -2.77. The number of carbonyl (C=O) groups is 2. The Kier molecular flexibility index (Phi) is 6.11. The summed E-state index contributed by atoms with van der Waals surface area (Å²) in [6, 6.07) is 7.89. The molecule has 3 atom stereocenters. The number of rotatable bonds is 7. The first-order valence-electron chi connectivity index (χ1n) is 10.9. The summed E-state index contributed by atoms with van der Waals surface area (Å²) in [5, 5.41) is 7.40. The first-order valence-corrected chi connectivity index (χ1v) is 10.9. The molecule has 162 valence electrons. The molecule has 2 N–H and O–H groups in total. The van der Waals surface area contributed by atoms with Gasteiger partial charge in [-0.15, -0.1) is 0 Å². The number of amides is 2. The van der Waals surface area contributed by atoms with Gasteiger partial charge in [0, 0.05) is 18.5 Å². The molecule has 0 aromatic heterocycles. The number of fused-ring (bicyclic) bond motifs is 3. The van der Waals surface area contributed by atoms with Crippen LogP contribution in [0.4, 0.5) is 0 Å². The second-order valence-corrected chi connectivity index (χ2v) is 8.19. The number of piperazine rings is 1. The predicted molar refractivity (Wildman–Crippen MR) is 114 cm³/mol. The summed E-state index contributed by atoms with van der Waals surface area (Å²) in [7, 11) is 1.62. The topological polar surface area (TPSA) is 86.3 Å². The van der Waals surface area contributed by atoms with Gasteiger partial charge in [-0.2, -0.15) is 5.10 Å². The van der Waals surface area contributed by atoms with Gasteiger partial charge in [-0.1, -0.05) is 38.0 Å². The van der Waals surface area contributed by atoms with E-state index in [0.717, 1.165) is 55.7 Å². The highest BCUT2D eigenvalue weighted by Crippen LogP contribution is 2.35. The Morgan fingerprint density at radius 2 is 2.03 bits per heavy atom. The number of amidine groups is 1. The van der Waals surface area contributed by atoms with Gasteiger partial charge in [0.1, 0.15) is 18.1 Å².